The van der Waals surface area contributed by atoms with Crippen LogP contribution in [0, 0.1) is 6.92 Å². The second-order valence-corrected chi connectivity index (χ2v) is 7.37. The van der Waals surface area contributed by atoms with E-state index in [1.165, 1.54) is 17.7 Å². The number of β-amino-alcohol motifs (C(OH)–C–C–N with tert-alkyl or cyclic N) is 1. The Morgan fingerprint density at radius 1 is 1.08 bits per heavy atom. The summed E-state index contributed by atoms with van der Waals surface area (Å²) in [6.45, 7) is 4.66. The van der Waals surface area contributed by atoms with Crippen LogP contribution in [0.1, 0.15) is 17.5 Å². The van der Waals surface area contributed by atoms with Gasteiger partial charge in [0.15, 0.2) is 0 Å². The minimum Gasteiger partial charge on any atom is -0.392 e. The van der Waals surface area contributed by atoms with E-state index in [1.807, 2.05) is 13.0 Å². The molecule has 6 heteroatoms. The first-order valence-corrected chi connectivity index (χ1v) is 9.27. The molecule has 1 aliphatic heterocycles. The highest BCUT2D eigenvalue weighted by molar-refractivity contribution is 7.85. The summed E-state index contributed by atoms with van der Waals surface area (Å²) in [6, 6.07) is 16.4. The molecule has 0 radical (unpaired) electrons. The van der Waals surface area contributed by atoms with E-state index in [-0.39, 0.29) is 11.0 Å². The maximum Gasteiger partial charge on any atom is 0.294 e. The molecule has 24 heavy (non-hydrogen) atoms. The fraction of sp³-hybridized carbons (Fsp3) is 0.333. The summed E-state index contributed by atoms with van der Waals surface area (Å²) < 4.78 is 29.6. The fourth-order valence-corrected chi connectivity index (χ4v) is 2.99. The minimum atomic E-state index is -4.02. The Morgan fingerprint density at radius 2 is 1.71 bits per heavy atom. The molecule has 1 heterocycles. The smallest absolute Gasteiger partial charge is 0.294 e. The van der Waals surface area contributed by atoms with Crippen molar-refractivity contribution in [1.82, 2.24) is 4.90 Å². The lowest BCUT2D eigenvalue weighted by Crippen LogP contribution is -2.21. The molecular formula is C18H23NO4S. The molecular weight excluding hydrogens is 326 g/mol. The Hall–Kier alpha value is -1.73. The highest BCUT2D eigenvalue weighted by atomic mass is 32.2. The molecule has 1 atom stereocenters. The third-order valence-electron chi connectivity index (χ3n) is 3.82. The lowest BCUT2D eigenvalue weighted by atomic mass is 10.2. The van der Waals surface area contributed by atoms with Crippen LogP contribution in [0.5, 0.6) is 0 Å². The molecule has 0 amide bonds. The largest absolute Gasteiger partial charge is 0.392 e. The standard InChI is InChI=1S/C11H15NO.C7H8O3S/c13-11-6-7-12(9-11)8-10-4-2-1-3-5-10;1-6-2-4-7(5-3-6)11(8,9)10/h1-5,11,13H,6-9H2;2-5H,1H3,(H,8,9,10)/t11-;/m0./s1. The van der Waals surface area contributed by atoms with Crippen molar-refractivity contribution < 1.29 is 18.1 Å². The van der Waals surface area contributed by atoms with Gasteiger partial charge in [-0.3, -0.25) is 9.45 Å². The van der Waals surface area contributed by atoms with Crippen molar-refractivity contribution in [1.29, 1.82) is 0 Å². The molecule has 0 aliphatic carbocycles. The van der Waals surface area contributed by atoms with Gasteiger partial charge >= 0.3 is 0 Å². The van der Waals surface area contributed by atoms with Gasteiger partial charge in [0.05, 0.1) is 11.0 Å². The van der Waals surface area contributed by atoms with Gasteiger partial charge in [0.2, 0.25) is 0 Å². The van der Waals surface area contributed by atoms with E-state index in [2.05, 4.69) is 29.2 Å². The van der Waals surface area contributed by atoms with Crippen molar-refractivity contribution in [2.45, 2.75) is 30.9 Å². The molecule has 2 aromatic carbocycles. The molecule has 130 valence electrons. The van der Waals surface area contributed by atoms with Gasteiger partial charge in [-0.1, -0.05) is 48.0 Å². The first-order valence-electron chi connectivity index (χ1n) is 7.83. The van der Waals surface area contributed by atoms with Crippen molar-refractivity contribution in [3.05, 3.63) is 65.7 Å². The van der Waals surface area contributed by atoms with Crippen molar-refractivity contribution >= 4 is 10.1 Å². The molecule has 1 aliphatic rings. The maximum absolute atomic E-state index is 10.5. The van der Waals surface area contributed by atoms with Crippen LogP contribution in [0.25, 0.3) is 0 Å². The van der Waals surface area contributed by atoms with Crippen LogP contribution in [0.3, 0.4) is 0 Å². The molecule has 1 fully saturated rings. The van der Waals surface area contributed by atoms with Gasteiger partial charge in [-0.15, -0.1) is 0 Å². The lowest BCUT2D eigenvalue weighted by Gasteiger charge is -2.14. The number of aliphatic hydroxyl groups excluding tert-OH is 1. The van der Waals surface area contributed by atoms with Crippen LogP contribution in [0.4, 0.5) is 0 Å². The average Bonchev–Trinajstić information content (AvgIpc) is 2.93. The summed E-state index contributed by atoms with van der Waals surface area (Å²) in [5, 5.41) is 9.34. The molecule has 5 nitrogen and oxygen atoms in total. The van der Waals surface area contributed by atoms with Gasteiger partial charge in [-0.05, 0) is 31.0 Å². The third kappa shape index (κ3) is 6.05. The van der Waals surface area contributed by atoms with Gasteiger partial charge in [0, 0.05) is 19.6 Å². The minimum absolute atomic E-state index is 0.0666. The molecule has 0 unspecified atom stereocenters. The summed E-state index contributed by atoms with van der Waals surface area (Å²) in [5.41, 5.74) is 2.29. The van der Waals surface area contributed by atoms with Gasteiger partial charge < -0.3 is 5.11 Å². The Labute approximate surface area is 143 Å². The normalized spacial score (nSPS) is 18.0. The van der Waals surface area contributed by atoms with Gasteiger partial charge in [0.1, 0.15) is 0 Å². The Bertz CT molecular complexity index is 729. The third-order valence-corrected chi connectivity index (χ3v) is 4.68. The van der Waals surface area contributed by atoms with Crippen molar-refractivity contribution in [2.75, 3.05) is 13.1 Å². The zero-order valence-corrected chi connectivity index (χ0v) is 14.5. The van der Waals surface area contributed by atoms with E-state index in [9.17, 15) is 13.5 Å². The summed E-state index contributed by atoms with van der Waals surface area (Å²) in [6.07, 6.45) is 0.816. The molecule has 2 N–H and O–H groups in total. The highest BCUT2D eigenvalue weighted by Crippen LogP contribution is 2.12. The van der Waals surface area contributed by atoms with Crippen LogP contribution in [-0.4, -0.2) is 42.2 Å². The number of hydrogen-bond acceptors (Lipinski definition) is 4. The molecule has 1 saturated heterocycles. The number of aryl methyl sites for hydroxylation is 1. The molecule has 3 rings (SSSR count). The molecule has 2 aromatic rings. The quantitative estimate of drug-likeness (QED) is 0.833. The molecule has 0 saturated carbocycles. The number of nitrogens with zero attached hydrogens (tertiary/aromatic N) is 1. The van der Waals surface area contributed by atoms with E-state index >= 15 is 0 Å². The van der Waals surface area contributed by atoms with Gasteiger partial charge in [-0.25, -0.2) is 0 Å². The van der Waals surface area contributed by atoms with Crippen molar-refractivity contribution in [2.24, 2.45) is 0 Å². The first kappa shape index (κ1) is 18.6. The van der Waals surface area contributed by atoms with E-state index < -0.39 is 10.1 Å². The first-order chi connectivity index (χ1) is 11.3. The summed E-state index contributed by atoms with van der Waals surface area (Å²) in [5.74, 6) is 0. The zero-order valence-electron chi connectivity index (χ0n) is 13.7. The van der Waals surface area contributed by atoms with E-state index in [0.29, 0.717) is 0 Å². The number of aliphatic hydroxyl groups is 1. The van der Waals surface area contributed by atoms with E-state index in [4.69, 9.17) is 4.55 Å². The van der Waals surface area contributed by atoms with Gasteiger partial charge in [-0.2, -0.15) is 8.42 Å². The van der Waals surface area contributed by atoms with Crippen LogP contribution >= 0.6 is 0 Å². The second kappa shape index (κ2) is 8.39. The number of hydrogen-bond donors (Lipinski definition) is 2. The molecule has 0 spiro atoms. The molecule has 0 bridgehead atoms. The maximum atomic E-state index is 10.5. The van der Waals surface area contributed by atoms with Crippen molar-refractivity contribution in [3.63, 3.8) is 0 Å². The topological polar surface area (TPSA) is 77.8 Å². The lowest BCUT2D eigenvalue weighted by molar-refractivity contribution is 0.175. The SMILES string of the molecule is Cc1ccc(S(=O)(=O)O)cc1.O[C@H]1CCN(Cc2ccccc2)C1. The highest BCUT2D eigenvalue weighted by Gasteiger charge is 2.19. The Balaban J connectivity index is 0.000000177. The van der Waals surface area contributed by atoms with Crippen LogP contribution in [0.15, 0.2) is 59.5 Å². The summed E-state index contributed by atoms with van der Waals surface area (Å²) in [7, 11) is -4.02. The monoisotopic (exact) mass is 349 g/mol. The fourth-order valence-electron chi connectivity index (χ4n) is 2.51. The van der Waals surface area contributed by atoms with E-state index in [0.717, 1.165) is 31.6 Å². The van der Waals surface area contributed by atoms with Crippen LogP contribution in [-0.2, 0) is 16.7 Å². The van der Waals surface area contributed by atoms with Crippen LogP contribution < -0.4 is 0 Å². The predicted molar refractivity (Wildman–Crippen MR) is 93.3 cm³/mol. The average molecular weight is 349 g/mol. The predicted octanol–water partition coefficient (Wildman–Crippen LogP) is 2.49. The summed E-state index contributed by atoms with van der Waals surface area (Å²) in [4.78, 5) is 2.23. The number of benzene rings is 2. The number of rotatable bonds is 3. The second-order valence-electron chi connectivity index (χ2n) is 5.95. The number of likely N-dealkylation sites (tertiary alicyclic amines) is 1. The Kier molecular flexibility index (Phi) is 6.51. The Morgan fingerprint density at radius 3 is 2.21 bits per heavy atom. The zero-order chi connectivity index (χ0) is 17.6. The molecule has 0 aromatic heterocycles. The van der Waals surface area contributed by atoms with Crippen molar-refractivity contribution in [3.8, 4) is 0 Å². The van der Waals surface area contributed by atoms with E-state index in [1.54, 1.807) is 12.1 Å². The summed E-state index contributed by atoms with van der Waals surface area (Å²) >= 11 is 0. The van der Waals surface area contributed by atoms with Gasteiger partial charge in [0.25, 0.3) is 10.1 Å². The van der Waals surface area contributed by atoms with Crippen LogP contribution in [0.2, 0.25) is 0 Å².